The van der Waals surface area contributed by atoms with Gasteiger partial charge in [-0.05, 0) is 57.0 Å². The van der Waals surface area contributed by atoms with Crippen molar-refractivity contribution in [3.63, 3.8) is 0 Å². The average molecular weight is 872 g/mol. The number of hydrogen-bond donors (Lipinski definition) is 1. The summed E-state index contributed by atoms with van der Waals surface area (Å²) < 4.78 is 8.99. The van der Waals surface area contributed by atoms with Gasteiger partial charge in [0.25, 0.3) is 5.65 Å². The number of aromatic hydroxyl groups is 1. The number of benzene rings is 4. The van der Waals surface area contributed by atoms with Crippen LogP contribution >= 0.6 is 0 Å². The van der Waals surface area contributed by atoms with Gasteiger partial charge in [0, 0.05) is 50.1 Å². The predicted octanol–water partition coefficient (Wildman–Crippen LogP) is 11.0. The van der Waals surface area contributed by atoms with Crippen molar-refractivity contribution in [2.75, 3.05) is 0 Å². The second kappa shape index (κ2) is 13.2. The Kier molecular flexibility index (Phi) is 9.49. The molecule has 0 fully saturated rings. The number of ether oxygens (including phenoxy) is 1. The molecule has 0 unspecified atom stereocenters. The van der Waals surface area contributed by atoms with Crippen LogP contribution in [0, 0.1) is 6.07 Å². The van der Waals surface area contributed by atoms with Gasteiger partial charge >= 0.3 is 5.88 Å². The molecule has 0 aliphatic heterocycles. The van der Waals surface area contributed by atoms with Crippen molar-refractivity contribution in [2.24, 2.45) is 0 Å². The van der Waals surface area contributed by atoms with E-state index in [4.69, 9.17) is 19.7 Å². The minimum atomic E-state index is -0.323. The summed E-state index contributed by atoms with van der Waals surface area (Å²) in [7, 11) is 0. The van der Waals surface area contributed by atoms with Crippen molar-refractivity contribution in [1.29, 1.82) is 0 Å². The monoisotopic (exact) mass is 871 g/mol. The summed E-state index contributed by atoms with van der Waals surface area (Å²) in [5, 5.41) is 15.8. The molecule has 7 rings (SSSR count). The summed E-state index contributed by atoms with van der Waals surface area (Å²) in [4.78, 5) is 15.5. The number of phenols is 1. The van der Waals surface area contributed by atoms with E-state index < -0.39 is 0 Å². The van der Waals surface area contributed by atoms with Gasteiger partial charge in [-0.15, -0.1) is 22.2 Å². The molecular weight excluding hydrogens is 824 g/mol. The largest absolute Gasteiger partial charge is 0.507 e. The third-order valence-electron chi connectivity index (χ3n) is 9.72. The standard InChI is InChI=1S/C45H47N4O2.Pt/c1-26(2)40-47-38-33(44(6,7)8)25-34(45(9,10)11)39(50)36(38)41-48-42(32-18-14-15-19-35(32)49(40)41)51-30-23-28(22-29(24-30)43(3,4)5)37-31-17-13-12-16-27(31)20-21-46-37;/h12-22,24-26H,1-11H3;/q-1;/p+1. The number of fused-ring (bicyclic) bond motifs is 6. The normalized spacial score (nSPS) is 12.6. The second-order valence-electron chi connectivity index (χ2n) is 17.1. The van der Waals surface area contributed by atoms with Gasteiger partial charge in [0.2, 0.25) is 5.82 Å². The van der Waals surface area contributed by atoms with Crippen LogP contribution in [0.2, 0.25) is 0 Å². The molecule has 0 saturated heterocycles. The molecule has 6 nitrogen and oxygen atoms in total. The Morgan fingerprint density at radius 3 is 2.06 bits per heavy atom. The van der Waals surface area contributed by atoms with Crippen LogP contribution < -0.4 is 9.14 Å². The second-order valence-corrected chi connectivity index (χ2v) is 17.1. The molecule has 1 N–H and O–H groups in total. The molecule has 3 aromatic heterocycles. The topological polar surface area (TPSA) is 72.2 Å². The zero-order chi connectivity index (χ0) is 36.6. The van der Waals surface area contributed by atoms with Crippen molar-refractivity contribution >= 4 is 38.2 Å². The molecule has 0 spiro atoms. The summed E-state index contributed by atoms with van der Waals surface area (Å²) in [6, 6.07) is 28.4. The molecule has 0 bridgehead atoms. The Labute approximate surface area is 321 Å². The summed E-state index contributed by atoms with van der Waals surface area (Å²) >= 11 is 0. The van der Waals surface area contributed by atoms with Gasteiger partial charge in [0.15, 0.2) is 5.52 Å². The number of rotatable bonds is 4. The van der Waals surface area contributed by atoms with Crippen LogP contribution in [-0.2, 0) is 37.3 Å². The Morgan fingerprint density at radius 1 is 0.750 bits per heavy atom. The van der Waals surface area contributed by atoms with Crippen LogP contribution in [0.3, 0.4) is 0 Å². The molecule has 52 heavy (non-hydrogen) atoms. The molecule has 0 aliphatic rings. The van der Waals surface area contributed by atoms with Crippen LogP contribution in [0.1, 0.15) is 105 Å². The Hall–Kier alpha value is -4.41. The fourth-order valence-corrected chi connectivity index (χ4v) is 6.93. The van der Waals surface area contributed by atoms with Crippen LogP contribution in [-0.4, -0.2) is 20.1 Å². The third kappa shape index (κ3) is 6.55. The van der Waals surface area contributed by atoms with E-state index in [0.29, 0.717) is 22.7 Å². The van der Waals surface area contributed by atoms with Gasteiger partial charge in [-0.3, -0.25) is 0 Å². The third-order valence-corrected chi connectivity index (χ3v) is 9.72. The van der Waals surface area contributed by atoms with E-state index in [9.17, 15) is 5.11 Å². The van der Waals surface area contributed by atoms with Crippen LogP contribution in [0.4, 0.5) is 0 Å². The fraction of sp³-hybridized carbons (Fsp3) is 0.333. The molecule has 7 aromatic rings. The number of hydrogen-bond acceptors (Lipinski definition) is 5. The molecular formula is C45H48N4O2Pt. The van der Waals surface area contributed by atoms with Crippen molar-refractivity contribution in [2.45, 2.75) is 98.3 Å². The SMILES string of the molecule is CC(C)c1nc2c(C(C)(C)C)cc(C(C)(C)C)c(O)c2c2nc(Oc3[c-]c(-c4nccc5ccccc45)cc(C(C)(C)C)c3)c3ccccc3[n+]12.[Pt]. The zero-order valence-electron chi connectivity index (χ0n) is 32.0. The molecule has 0 amide bonds. The van der Waals surface area contributed by atoms with E-state index in [1.54, 1.807) is 0 Å². The quantitative estimate of drug-likeness (QED) is 0.108. The van der Waals surface area contributed by atoms with Crippen LogP contribution in [0.5, 0.6) is 17.4 Å². The van der Waals surface area contributed by atoms with Crippen LogP contribution in [0.15, 0.2) is 79.0 Å². The average Bonchev–Trinajstić information content (AvgIpc) is 3.06. The first-order chi connectivity index (χ1) is 23.9. The van der Waals surface area contributed by atoms with Crippen molar-refractivity contribution in [3.8, 4) is 28.6 Å². The first-order valence-corrected chi connectivity index (χ1v) is 17.9. The summed E-state index contributed by atoms with van der Waals surface area (Å²) in [5.41, 5.74) is 6.26. The van der Waals surface area contributed by atoms with Gasteiger partial charge < -0.3 is 14.8 Å². The Bertz CT molecular complexity index is 2500. The maximum Gasteiger partial charge on any atom is 0.305 e. The fourth-order valence-electron chi connectivity index (χ4n) is 6.93. The maximum atomic E-state index is 12.2. The van der Waals surface area contributed by atoms with E-state index in [2.05, 4.69) is 123 Å². The molecule has 0 atom stereocenters. The van der Waals surface area contributed by atoms with Gasteiger partial charge in [-0.25, -0.2) is 0 Å². The number of nitrogens with zero attached hydrogens (tertiary/aromatic N) is 4. The smallest absolute Gasteiger partial charge is 0.305 e. The summed E-state index contributed by atoms with van der Waals surface area (Å²) in [5.74, 6) is 2.12. The van der Waals surface area contributed by atoms with Crippen LogP contribution in [0.25, 0.3) is 49.5 Å². The maximum absolute atomic E-state index is 12.2. The summed E-state index contributed by atoms with van der Waals surface area (Å²) in [6.45, 7) is 23.9. The number of phenolic OH excluding ortho intramolecular Hbond substituents is 1. The van der Waals surface area contributed by atoms with Gasteiger partial charge in [-0.1, -0.05) is 130 Å². The Balaban J connectivity index is 0.00000464. The summed E-state index contributed by atoms with van der Waals surface area (Å²) in [6.07, 6.45) is 1.85. The predicted molar refractivity (Wildman–Crippen MR) is 208 cm³/mol. The van der Waals surface area contributed by atoms with E-state index in [1.165, 1.54) is 0 Å². The van der Waals surface area contributed by atoms with Crippen molar-refractivity contribution in [1.82, 2.24) is 15.0 Å². The molecule has 0 radical (unpaired) electrons. The molecule has 3 heterocycles. The van der Waals surface area contributed by atoms with Gasteiger partial charge in [-0.2, -0.15) is 4.40 Å². The molecule has 4 aromatic carbocycles. The molecule has 7 heteroatoms. The molecule has 0 saturated carbocycles. The molecule has 270 valence electrons. The van der Waals surface area contributed by atoms with E-state index in [0.717, 1.165) is 61.0 Å². The first-order valence-electron chi connectivity index (χ1n) is 17.9. The first kappa shape index (κ1) is 37.3. The van der Waals surface area contributed by atoms with E-state index in [1.807, 2.05) is 42.6 Å². The Morgan fingerprint density at radius 2 is 1.40 bits per heavy atom. The van der Waals surface area contributed by atoms with E-state index in [-0.39, 0.29) is 49.0 Å². The number of aromatic nitrogens is 4. The molecule has 0 aliphatic carbocycles. The van der Waals surface area contributed by atoms with Crippen molar-refractivity contribution in [3.05, 3.63) is 108 Å². The van der Waals surface area contributed by atoms with Crippen molar-refractivity contribution < 1.29 is 35.3 Å². The van der Waals surface area contributed by atoms with Gasteiger partial charge in [0.05, 0.1) is 5.39 Å². The number of para-hydroxylation sites is 1. The minimum Gasteiger partial charge on any atom is -0.507 e. The van der Waals surface area contributed by atoms with E-state index >= 15 is 0 Å². The number of pyridine rings is 1. The minimum absolute atomic E-state index is 0. The van der Waals surface area contributed by atoms with Gasteiger partial charge in [0.1, 0.15) is 16.7 Å². The zero-order valence-corrected chi connectivity index (χ0v) is 34.3.